The van der Waals surface area contributed by atoms with Crippen molar-refractivity contribution in [2.45, 2.75) is 18.6 Å². The Balaban J connectivity index is 1.92. The molecule has 4 heteroatoms. The lowest BCUT2D eigenvalue weighted by Crippen LogP contribution is -2.24. The van der Waals surface area contributed by atoms with Crippen molar-refractivity contribution in [3.63, 3.8) is 0 Å². The predicted molar refractivity (Wildman–Crippen MR) is 69.4 cm³/mol. The standard InChI is InChI=1S/C15H14FNO2/c16-10-3-6-14-12(7-10)13(17)8-15(19-14)9-1-4-11(18)5-2-9/h1-7,13,15,18H,8,17H2/t13-,15?/m0/s1. The molecule has 0 radical (unpaired) electrons. The Morgan fingerprint density at radius 2 is 1.89 bits per heavy atom. The second kappa shape index (κ2) is 4.55. The molecule has 0 aromatic heterocycles. The van der Waals surface area contributed by atoms with Crippen LogP contribution in [0.15, 0.2) is 42.5 Å². The lowest BCUT2D eigenvalue weighted by Gasteiger charge is -2.30. The summed E-state index contributed by atoms with van der Waals surface area (Å²) in [5.74, 6) is 0.533. The van der Waals surface area contributed by atoms with Gasteiger partial charge in [-0.05, 0) is 35.9 Å². The summed E-state index contributed by atoms with van der Waals surface area (Å²) in [6, 6.07) is 11.0. The van der Waals surface area contributed by atoms with Crippen molar-refractivity contribution in [2.24, 2.45) is 5.73 Å². The fraction of sp³-hybridized carbons (Fsp3) is 0.200. The van der Waals surface area contributed by atoms with Crippen LogP contribution in [0.4, 0.5) is 4.39 Å². The molecule has 0 fully saturated rings. The Morgan fingerprint density at radius 3 is 2.63 bits per heavy atom. The Bertz CT molecular complexity index is 598. The molecule has 0 saturated heterocycles. The van der Waals surface area contributed by atoms with Gasteiger partial charge in [0.1, 0.15) is 23.4 Å². The van der Waals surface area contributed by atoms with E-state index in [1.54, 1.807) is 30.3 Å². The molecule has 98 valence electrons. The summed E-state index contributed by atoms with van der Waals surface area (Å²) in [5.41, 5.74) is 7.73. The number of halogens is 1. The van der Waals surface area contributed by atoms with E-state index in [1.165, 1.54) is 12.1 Å². The van der Waals surface area contributed by atoms with Crippen LogP contribution in [0.2, 0.25) is 0 Å². The zero-order valence-corrected chi connectivity index (χ0v) is 10.2. The molecule has 3 nitrogen and oxygen atoms in total. The highest BCUT2D eigenvalue weighted by molar-refractivity contribution is 5.40. The number of rotatable bonds is 1. The van der Waals surface area contributed by atoms with E-state index in [9.17, 15) is 9.50 Å². The van der Waals surface area contributed by atoms with E-state index in [-0.39, 0.29) is 23.7 Å². The van der Waals surface area contributed by atoms with E-state index in [4.69, 9.17) is 10.5 Å². The molecule has 3 rings (SSSR count). The fourth-order valence-electron chi connectivity index (χ4n) is 2.37. The molecule has 2 atom stereocenters. The topological polar surface area (TPSA) is 55.5 Å². The first-order valence-electron chi connectivity index (χ1n) is 6.14. The molecular formula is C15H14FNO2. The van der Waals surface area contributed by atoms with Crippen molar-refractivity contribution in [1.82, 2.24) is 0 Å². The molecule has 1 heterocycles. The maximum atomic E-state index is 13.2. The summed E-state index contributed by atoms with van der Waals surface area (Å²) >= 11 is 0. The molecule has 19 heavy (non-hydrogen) atoms. The number of hydrogen-bond acceptors (Lipinski definition) is 3. The van der Waals surface area contributed by atoms with Crippen LogP contribution in [0.25, 0.3) is 0 Å². The maximum absolute atomic E-state index is 13.2. The van der Waals surface area contributed by atoms with Crippen molar-refractivity contribution < 1.29 is 14.2 Å². The fourth-order valence-corrected chi connectivity index (χ4v) is 2.37. The molecule has 0 amide bonds. The molecular weight excluding hydrogens is 245 g/mol. The average molecular weight is 259 g/mol. The minimum absolute atomic E-state index is 0.173. The van der Waals surface area contributed by atoms with Crippen LogP contribution in [0.1, 0.15) is 29.7 Å². The zero-order chi connectivity index (χ0) is 13.4. The van der Waals surface area contributed by atoms with Crippen molar-refractivity contribution >= 4 is 0 Å². The summed E-state index contributed by atoms with van der Waals surface area (Å²) in [5, 5.41) is 9.29. The number of benzene rings is 2. The van der Waals surface area contributed by atoms with Gasteiger partial charge >= 0.3 is 0 Å². The second-order valence-electron chi connectivity index (χ2n) is 4.72. The van der Waals surface area contributed by atoms with Crippen molar-refractivity contribution in [3.05, 3.63) is 59.4 Å². The molecule has 0 aliphatic carbocycles. The third-order valence-electron chi connectivity index (χ3n) is 3.37. The lowest BCUT2D eigenvalue weighted by molar-refractivity contribution is 0.161. The monoisotopic (exact) mass is 259 g/mol. The number of aromatic hydroxyl groups is 1. The third kappa shape index (κ3) is 2.27. The van der Waals surface area contributed by atoms with E-state index in [2.05, 4.69) is 0 Å². The molecule has 2 aromatic rings. The average Bonchev–Trinajstić information content (AvgIpc) is 2.40. The molecule has 1 aliphatic heterocycles. The van der Waals surface area contributed by atoms with Gasteiger partial charge in [-0.15, -0.1) is 0 Å². The Kier molecular flexibility index (Phi) is 2.87. The van der Waals surface area contributed by atoms with Crippen LogP contribution in [-0.4, -0.2) is 5.11 Å². The van der Waals surface area contributed by atoms with Crippen molar-refractivity contribution in [3.8, 4) is 11.5 Å². The number of hydrogen-bond donors (Lipinski definition) is 2. The number of ether oxygens (including phenoxy) is 1. The third-order valence-corrected chi connectivity index (χ3v) is 3.37. The quantitative estimate of drug-likeness (QED) is 0.827. The first-order chi connectivity index (χ1) is 9.13. The SMILES string of the molecule is N[C@H]1CC(c2ccc(O)cc2)Oc2ccc(F)cc21. The van der Waals surface area contributed by atoms with Gasteiger partial charge in [0.25, 0.3) is 0 Å². The normalized spacial score (nSPS) is 21.6. The molecule has 1 aliphatic rings. The van der Waals surface area contributed by atoms with E-state index in [0.29, 0.717) is 17.7 Å². The van der Waals surface area contributed by atoms with Crippen LogP contribution >= 0.6 is 0 Å². The van der Waals surface area contributed by atoms with E-state index < -0.39 is 0 Å². The minimum atomic E-state index is -0.305. The molecule has 2 aromatic carbocycles. The van der Waals surface area contributed by atoms with Crippen LogP contribution in [-0.2, 0) is 0 Å². The van der Waals surface area contributed by atoms with Gasteiger partial charge in [-0.1, -0.05) is 12.1 Å². The number of phenols is 1. The minimum Gasteiger partial charge on any atom is -0.508 e. The van der Waals surface area contributed by atoms with Gasteiger partial charge in [0.05, 0.1) is 0 Å². The van der Waals surface area contributed by atoms with Crippen LogP contribution in [0, 0.1) is 5.82 Å². The summed E-state index contributed by atoms with van der Waals surface area (Å²) < 4.78 is 19.0. The van der Waals surface area contributed by atoms with Gasteiger partial charge in [-0.25, -0.2) is 4.39 Å². The maximum Gasteiger partial charge on any atom is 0.126 e. The van der Waals surface area contributed by atoms with Crippen molar-refractivity contribution in [1.29, 1.82) is 0 Å². The highest BCUT2D eigenvalue weighted by Gasteiger charge is 2.27. The summed E-state index contributed by atoms with van der Waals surface area (Å²) in [6.07, 6.45) is 0.412. The lowest BCUT2D eigenvalue weighted by atomic mass is 9.93. The highest BCUT2D eigenvalue weighted by atomic mass is 19.1. The zero-order valence-electron chi connectivity index (χ0n) is 10.2. The smallest absolute Gasteiger partial charge is 0.126 e. The summed E-state index contributed by atoms with van der Waals surface area (Å²) in [6.45, 7) is 0. The largest absolute Gasteiger partial charge is 0.508 e. The molecule has 1 unspecified atom stereocenters. The van der Waals surface area contributed by atoms with Gasteiger partial charge in [0.2, 0.25) is 0 Å². The van der Waals surface area contributed by atoms with Gasteiger partial charge in [0, 0.05) is 18.0 Å². The van der Waals surface area contributed by atoms with Crippen molar-refractivity contribution in [2.75, 3.05) is 0 Å². The first-order valence-corrected chi connectivity index (χ1v) is 6.14. The Hall–Kier alpha value is -2.07. The Morgan fingerprint density at radius 1 is 1.16 bits per heavy atom. The summed E-state index contributed by atoms with van der Waals surface area (Å²) in [4.78, 5) is 0. The van der Waals surface area contributed by atoms with Gasteiger partial charge < -0.3 is 15.6 Å². The predicted octanol–water partition coefficient (Wildman–Crippen LogP) is 3.05. The van der Waals surface area contributed by atoms with Gasteiger partial charge in [0.15, 0.2) is 0 Å². The molecule has 0 spiro atoms. The number of nitrogens with two attached hydrogens (primary N) is 1. The molecule has 0 bridgehead atoms. The molecule has 3 N–H and O–H groups in total. The van der Waals surface area contributed by atoms with Gasteiger partial charge in [-0.3, -0.25) is 0 Å². The molecule has 0 saturated carbocycles. The number of phenolic OH excluding ortho intramolecular Hbond substituents is 1. The Labute approximate surface area is 110 Å². The van der Waals surface area contributed by atoms with Gasteiger partial charge in [-0.2, -0.15) is 0 Å². The highest BCUT2D eigenvalue weighted by Crippen LogP contribution is 2.40. The van der Waals surface area contributed by atoms with E-state index in [0.717, 1.165) is 5.56 Å². The van der Waals surface area contributed by atoms with Crippen LogP contribution in [0.5, 0.6) is 11.5 Å². The van der Waals surface area contributed by atoms with Crippen LogP contribution < -0.4 is 10.5 Å². The van der Waals surface area contributed by atoms with E-state index >= 15 is 0 Å². The first kappa shape index (κ1) is 12.0. The second-order valence-corrected chi connectivity index (χ2v) is 4.72. The van der Waals surface area contributed by atoms with E-state index in [1.807, 2.05) is 0 Å². The number of fused-ring (bicyclic) bond motifs is 1. The van der Waals surface area contributed by atoms with Crippen LogP contribution in [0.3, 0.4) is 0 Å². The summed E-state index contributed by atoms with van der Waals surface area (Å²) in [7, 11) is 0.